The van der Waals surface area contributed by atoms with E-state index in [1.807, 2.05) is 0 Å². The van der Waals surface area contributed by atoms with Crippen LogP contribution in [0.3, 0.4) is 0 Å². The van der Waals surface area contributed by atoms with Crippen molar-refractivity contribution in [3.05, 3.63) is 40.1 Å². The van der Waals surface area contributed by atoms with Crippen LogP contribution in [0.4, 0.5) is 8.78 Å². The Morgan fingerprint density at radius 2 is 2.18 bits per heavy atom. The molecule has 90 valence electrons. The predicted molar refractivity (Wildman–Crippen MR) is 59.4 cm³/mol. The summed E-state index contributed by atoms with van der Waals surface area (Å²) < 4.78 is 33.4. The summed E-state index contributed by atoms with van der Waals surface area (Å²) in [7, 11) is 1.70. The largest absolute Gasteiger partial charge is 0.484 e. The molecule has 0 aliphatic carbocycles. The normalized spacial score (nSPS) is 10.6. The molecule has 0 atom stereocenters. The SMILES string of the molecule is Cn1cc(COc2cc(Br)cc(F)c2F)nn1. The van der Waals surface area contributed by atoms with E-state index < -0.39 is 11.6 Å². The molecule has 4 nitrogen and oxygen atoms in total. The molecule has 0 saturated heterocycles. The van der Waals surface area contributed by atoms with Gasteiger partial charge in [-0.25, -0.2) is 4.39 Å². The summed E-state index contributed by atoms with van der Waals surface area (Å²) in [5.74, 6) is -2.15. The average molecular weight is 304 g/mol. The molecule has 0 amide bonds. The summed E-state index contributed by atoms with van der Waals surface area (Å²) in [4.78, 5) is 0. The van der Waals surface area contributed by atoms with E-state index in [1.54, 1.807) is 13.2 Å². The van der Waals surface area contributed by atoms with Crippen LogP contribution in [0.1, 0.15) is 5.69 Å². The molecule has 0 aliphatic rings. The molecule has 7 heteroatoms. The van der Waals surface area contributed by atoms with Gasteiger partial charge in [-0.1, -0.05) is 21.1 Å². The van der Waals surface area contributed by atoms with Crippen molar-refractivity contribution in [3.63, 3.8) is 0 Å². The molecule has 2 rings (SSSR count). The first-order valence-electron chi connectivity index (χ1n) is 4.69. The molecule has 17 heavy (non-hydrogen) atoms. The number of ether oxygens (including phenoxy) is 1. The molecule has 0 saturated carbocycles. The van der Waals surface area contributed by atoms with Crippen LogP contribution in [-0.2, 0) is 13.7 Å². The summed E-state index contributed by atoms with van der Waals surface area (Å²) in [5.41, 5.74) is 0.535. The maximum absolute atomic E-state index is 13.3. The lowest BCUT2D eigenvalue weighted by Gasteiger charge is -2.06. The van der Waals surface area contributed by atoms with Crippen LogP contribution in [0.2, 0.25) is 0 Å². The number of rotatable bonds is 3. The number of benzene rings is 1. The van der Waals surface area contributed by atoms with Gasteiger partial charge in [0.2, 0.25) is 5.82 Å². The minimum absolute atomic E-state index is 0.0284. The number of nitrogens with zero attached hydrogens (tertiary/aromatic N) is 3. The minimum atomic E-state index is -1.02. The summed E-state index contributed by atoms with van der Waals surface area (Å²) in [6.07, 6.45) is 1.63. The standard InChI is InChI=1S/C10H8BrF2N3O/c1-16-4-7(14-15-16)5-17-9-3-6(11)2-8(12)10(9)13/h2-4H,5H2,1H3. The zero-order valence-corrected chi connectivity index (χ0v) is 10.4. The zero-order chi connectivity index (χ0) is 12.4. The van der Waals surface area contributed by atoms with E-state index in [1.165, 1.54) is 10.7 Å². The lowest BCUT2D eigenvalue weighted by atomic mass is 10.3. The number of hydrogen-bond donors (Lipinski definition) is 0. The third-order valence-electron chi connectivity index (χ3n) is 1.99. The molecule has 1 heterocycles. The molecule has 0 N–H and O–H groups in total. The molecule has 0 fully saturated rings. The number of aryl methyl sites for hydroxylation is 1. The van der Waals surface area contributed by atoms with Crippen molar-refractivity contribution in [2.45, 2.75) is 6.61 Å². The topological polar surface area (TPSA) is 39.9 Å². The molecule has 0 spiro atoms. The van der Waals surface area contributed by atoms with Gasteiger partial charge in [0.05, 0.1) is 6.20 Å². The van der Waals surface area contributed by atoms with Gasteiger partial charge in [0, 0.05) is 11.5 Å². The Bertz CT molecular complexity index is 544. The fourth-order valence-corrected chi connectivity index (χ4v) is 1.66. The van der Waals surface area contributed by atoms with Gasteiger partial charge >= 0.3 is 0 Å². The lowest BCUT2D eigenvalue weighted by Crippen LogP contribution is -1.99. The third kappa shape index (κ3) is 2.79. The second-order valence-electron chi connectivity index (χ2n) is 3.37. The monoisotopic (exact) mass is 303 g/mol. The maximum Gasteiger partial charge on any atom is 0.200 e. The van der Waals surface area contributed by atoms with Crippen LogP contribution in [0, 0.1) is 11.6 Å². The van der Waals surface area contributed by atoms with Crippen LogP contribution < -0.4 is 4.74 Å². The Morgan fingerprint density at radius 3 is 2.82 bits per heavy atom. The van der Waals surface area contributed by atoms with Crippen molar-refractivity contribution in [2.24, 2.45) is 7.05 Å². The van der Waals surface area contributed by atoms with E-state index in [2.05, 4.69) is 26.2 Å². The van der Waals surface area contributed by atoms with E-state index in [0.29, 0.717) is 10.2 Å². The Hall–Kier alpha value is -1.50. The fourth-order valence-electron chi connectivity index (χ4n) is 1.25. The zero-order valence-electron chi connectivity index (χ0n) is 8.82. The van der Waals surface area contributed by atoms with Crippen molar-refractivity contribution >= 4 is 15.9 Å². The molecular weight excluding hydrogens is 296 g/mol. The molecule has 0 radical (unpaired) electrons. The van der Waals surface area contributed by atoms with Crippen LogP contribution in [0.25, 0.3) is 0 Å². The summed E-state index contributed by atoms with van der Waals surface area (Å²) in [6, 6.07) is 2.39. The highest BCUT2D eigenvalue weighted by molar-refractivity contribution is 9.10. The highest BCUT2D eigenvalue weighted by Gasteiger charge is 2.12. The first kappa shape index (κ1) is 12.0. The summed E-state index contributed by atoms with van der Waals surface area (Å²) >= 11 is 3.06. The first-order chi connectivity index (χ1) is 8.06. The van der Waals surface area contributed by atoms with E-state index in [4.69, 9.17) is 4.74 Å². The Balaban J connectivity index is 2.14. The first-order valence-corrected chi connectivity index (χ1v) is 5.48. The minimum Gasteiger partial charge on any atom is -0.484 e. The van der Waals surface area contributed by atoms with Crippen molar-refractivity contribution < 1.29 is 13.5 Å². The highest BCUT2D eigenvalue weighted by atomic mass is 79.9. The molecule has 0 bridgehead atoms. The molecular formula is C10H8BrF2N3O. The number of hydrogen-bond acceptors (Lipinski definition) is 3. The number of halogens is 3. The van der Waals surface area contributed by atoms with Gasteiger partial charge in [-0.15, -0.1) is 5.10 Å². The molecule has 1 aromatic carbocycles. The van der Waals surface area contributed by atoms with Crippen LogP contribution in [0.15, 0.2) is 22.8 Å². The van der Waals surface area contributed by atoms with Crippen molar-refractivity contribution in [1.82, 2.24) is 15.0 Å². The second-order valence-corrected chi connectivity index (χ2v) is 4.29. The highest BCUT2D eigenvalue weighted by Crippen LogP contribution is 2.25. The summed E-state index contributed by atoms with van der Waals surface area (Å²) in [6.45, 7) is 0.0284. The average Bonchev–Trinajstić information content (AvgIpc) is 2.67. The molecule has 0 unspecified atom stereocenters. The van der Waals surface area contributed by atoms with E-state index in [9.17, 15) is 8.78 Å². The van der Waals surface area contributed by atoms with E-state index in [0.717, 1.165) is 6.07 Å². The van der Waals surface area contributed by atoms with E-state index in [-0.39, 0.29) is 12.4 Å². The summed E-state index contributed by atoms with van der Waals surface area (Å²) in [5, 5.41) is 7.46. The van der Waals surface area contributed by atoms with Crippen molar-refractivity contribution in [2.75, 3.05) is 0 Å². The predicted octanol–water partition coefficient (Wildman–Crippen LogP) is 2.43. The Labute approximate surface area is 104 Å². The van der Waals surface area contributed by atoms with Crippen LogP contribution in [0.5, 0.6) is 5.75 Å². The second kappa shape index (κ2) is 4.79. The van der Waals surface area contributed by atoms with Crippen LogP contribution >= 0.6 is 15.9 Å². The van der Waals surface area contributed by atoms with Gasteiger partial charge in [-0.2, -0.15) is 4.39 Å². The fraction of sp³-hybridized carbons (Fsp3) is 0.200. The molecule has 0 aliphatic heterocycles. The Morgan fingerprint density at radius 1 is 1.41 bits per heavy atom. The lowest BCUT2D eigenvalue weighted by molar-refractivity contribution is 0.280. The van der Waals surface area contributed by atoms with Crippen molar-refractivity contribution in [3.8, 4) is 5.75 Å². The maximum atomic E-state index is 13.3. The quantitative estimate of drug-likeness (QED) is 0.818. The van der Waals surface area contributed by atoms with Gasteiger partial charge < -0.3 is 4.74 Å². The van der Waals surface area contributed by atoms with Gasteiger partial charge in [0.1, 0.15) is 12.3 Å². The molecule has 1 aromatic heterocycles. The number of aromatic nitrogens is 3. The van der Waals surface area contributed by atoms with Gasteiger partial charge in [0.25, 0.3) is 0 Å². The van der Waals surface area contributed by atoms with E-state index >= 15 is 0 Å². The third-order valence-corrected chi connectivity index (χ3v) is 2.44. The van der Waals surface area contributed by atoms with Gasteiger partial charge in [-0.05, 0) is 12.1 Å². The van der Waals surface area contributed by atoms with Crippen LogP contribution in [-0.4, -0.2) is 15.0 Å². The Kier molecular flexibility index (Phi) is 3.37. The molecule has 2 aromatic rings. The van der Waals surface area contributed by atoms with Crippen molar-refractivity contribution in [1.29, 1.82) is 0 Å². The van der Waals surface area contributed by atoms with Gasteiger partial charge in [-0.3, -0.25) is 4.68 Å². The smallest absolute Gasteiger partial charge is 0.200 e. The van der Waals surface area contributed by atoms with Gasteiger partial charge in [0.15, 0.2) is 11.6 Å².